The van der Waals surface area contributed by atoms with Crippen LogP contribution in [0.5, 0.6) is 0 Å². The van der Waals surface area contributed by atoms with Crippen molar-refractivity contribution >= 4 is 11.8 Å². The lowest BCUT2D eigenvalue weighted by Crippen LogP contribution is -2.44. The SMILES string of the molecule is CC[C@H](C)C(=O)N1CCC(C(=O)NCc2ccccc2)CC1. The topological polar surface area (TPSA) is 49.4 Å². The van der Waals surface area contributed by atoms with Crippen molar-refractivity contribution in [2.24, 2.45) is 11.8 Å². The molecule has 4 heteroatoms. The molecule has 1 saturated heterocycles. The van der Waals surface area contributed by atoms with Crippen molar-refractivity contribution in [3.05, 3.63) is 35.9 Å². The molecule has 4 nitrogen and oxygen atoms in total. The highest BCUT2D eigenvalue weighted by atomic mass is 16.2. The minimum absolute atomic E-state index is 0.0321. The van der Waals surface area contributed by atoms with Gasteiger partial charge in [-0.3, -0.25) is 9.59 Å². The Morgan fingerprint density at radius 2 is 1.86 bits per heavy atom. The van der Waals surface area contributed by atoms with Crippen LogP contribution in [-0.4, -0.2) is 29.8 Å². The Balaban J connectivity index is 1.76. The molecule has 0 aliphatic carbocycles. The normalized spacial score (nSPS) is 17.1. The minimum Gasteiger partial charge on any atom is -0.352 e. The third kappa shape index (κ3) is 4.33. The average molecular weight is 302 g/mol. The molecular weight excluding hydrogens is 276 g/mol. The monoisotopic (exact) mass is 302 g/mol. The summed E-state index contributed by atoms with van der Waals surface area (Å²) < 4.78 is 0. The molecule has 1 N–H and O–H groups in total. The first-order valence-corrected chi connectivity index (χ1v) is 8.22. The van der Waals surface area contributed by atoms with Crippen LogP contribution in [0.2, 0.25) is 0 Å². The maximum Gasteiger partial charge on any atom is 0.225 e. The summed E-state index contributed by atoms with van der Waals surface area (Å²) >= 11 is 0. The second kappa shape index (κ2) is 7.97. The highest BCUT2D eigenvalue weighted by Crippen LogP contribution is 2.20. The predicted octanol–water partition coefficient (Wildman–Crippen LogP) is 2.59. The Hall–Kier alpha value is -1.84. The van der Waals surface area contributed by atoms with Crippen molar-refractivity contribution in [3.63, 3.8) is 0 Å². The Bertz CT molecular complexity index is 493. The van der Waals surface area contributed by atoms with Crippen molar-refractivity contribution in [2.45, 2.75) is 39.7 Å². The molecule has 1 atom stereocenters. The van der Waals surface area contributed by atoms with Gasteiger partial charge in [0.05, 0.1) is 0 Å². The Kier molecular flexibility index (Phi) is 5.99. The van der Waals surface area contributed by atoms with Crippen LogP contribution in [0, 0.1) is 11.8 Å². The van der Waals surface area contributed by atoms with E-state index in [1.165, 1.54) is 0 Å². The molecule has 0 spiro atoms. The molecule has 120 valence electrons. The van der Waals surface area contributed by atoms with Crippen LogP contribution in [0.4, 0.5) is 0 Å². The molecule has 1 aliphatic heterocycles. The molecule has 1 heterocycles. The Labute approximate surface area is 132 Å². The first kappa shape index (κ1) is 16.5. The summed E-state index contributed by atoms with van der Waals surface area (Å²) in [6.45, 7) is 5.98. The van der Waals surface area contributed by atoms with Gasteiger partial charge < -0.3 is 10.2 Å². The van der Waals surface area contributed by atoms with E-state index in [9.17, 15) is 9.59 Å². The van der Waals surface area contributed by atoms with E-state index in [2.05, 4.69) is 5.32 Å². The number of piperidine rings is 1. The first-order valence-electron chi connectivity index (χ1n) is 8.22. The van der Waals surface area contributed by atoms with Crippen LogP contribution in [0.1, 0.15) is 38.7 Å². The predicted molar refractivity (Wildman–Crippen MR) is 87.0 cm³/mol. The highest BCUT2D eigenvalue weighted by Gasteiger charge is 2.28. The average Bonchev–Trinajstić information content (AvgIpc) is 2.59. The number of rotatable bonds is 5. The zero-order valence-electron chi connectivity index (χ0n) is 13.5. The van der Waals surface area contributed by atoms with Gasteiger partial charge in [-0.15, -0.1) is 0 Å². The number of nitrogens with one attached hydrogen (secondary N) is 1. The van der Waals surface area contributed by atoms with Crippen LogP contribution in [0.25, 0.3) is 0 Å². The maximum absolute atomic E-state index is 12.2. The molecule has 0 unspecified atom stereocenters. The van der Waals surface area contributed by atoms with Gasteiger partial charge in [0.1, 0.15) is 0 Å². The second-order valence-corrected chi connectivity index (χ2v) is 6.11. The number of amides is 2. The third-order valence-electron chi connectivity index (χ3n) is 4.52. The molecular formula is C18H26N2O2. The van der Waals surface area contributed by atoms with E-state index in [4.69, 9.17) is 0 Å². The van der Waals surface area contributed by atoms with Gasteiger partial charge in [0, 0.05) is 31.5 Å². The highest BCUT2D eigenvalue weighted by molar-refractivity contribution is 5.80. The van der Waals surface area contributed by atoms with Crippen molar-refractivity contribution in [1.29, 1.82) is 0 Å². The molecule has 1 fully saturated rings. The van der Waals surface area contributed by atoms with Crippen LogP contribution >= 0.6 is 0 Å². The van der Waals surface area contributed by atoms with Gasteiger partial charge in [-0.1, -0.05) is 44.2 Å². The Morgan fingerprint density at radius 3 is 2.45 bits per heavy atom. The van der Waals surface area contributed by atoms with E-state index >= 15 is 0 Å². The smallest absolute Gasteiger partial charge is 0.225 e. The molecule has 22 heavy (non-hydrogen) atoms. The van der Waals surface area contributed by atoms with Gasteiger partial charge >= 0.3 is 0 Å². The quantitative estimate of drug-likeness (QED) is 0.909. The van der Waals surface area contributed by atoms with E-state index in [1.807, 2.05) is 49.1 Å². The molecule has 0 radical (unpaired) electrons. The fourth-order valence-corrected chi connectivity index (χ4v) is 2.78. The molecule has 2 rings (SSSR count). The second-order valence-electron chi connectivity index (χ2n) is 6.11. The molecule has 0 saturated carbocycles. The summed E-state index contributed by atoms with van der Waals surface area (Å²) in [4.78, 5) is 26.3. The van der Waals surface area contributed by atoms with Crippen LogP contribution < -0.4 is 5.32 Å². The van der Waals surface area contributed by atoms with Crippen molar-refractivity contribution in [2.75, 3.05) is 13.1 Å². The number of carbonyl (C=O) groups is 2. The lowest BCUT2D eigenvalue weighted by atomic mass is 9.94. The molecule has 1 aromatic carbocycles. The number of benzene rings is 1. The number of likely N-dealkylation sites (tertiary alicyclic amines) is 1. The van der Waals surface area contributed by atoms with E-state index in [1.54, 1.807) is 0 Å². The van der Waals surface area contributed by atoms with Gasteiger partial charge in [-0.25, -0.2) is 0 Å². The summed E-state index contributed by atoms with van der Waals surface area (Å²) in [5, 5.41) is 3.00. The maximum atomic E-state index is 12.2. The third-order valence-corrected chi connectivity index (χ3v) is 4.52. The van der Waals surface area contributed by atoms with Crippen LogP contribution in [0.15, 0.2) is 30.3 Å². The summed E-state index contributed by atoms with van der Waals surface area (Å²) in [6, 6.07) is 9.93. The summed E-state index contributed by atoms with van der Waals surface area (Å²) in [5.74, 6) is 0.457. The van der Waals surface area contributed by atoms with Gasteiger partial charge in [-0.2, -0.15) is 0 Å². The molecule has 1 aromatic rings. The van der Waals surface area contributed by atoms with E-state index in [-0.39, 0.29) is 23.7 Å². The lowest BCUT2D eigenvalue weighted by Gasteiger charge is -2.32. The minimum atomic E-state index is 0.0321. The summed E-state index contributed by atoms with van der Waals surface area (Å²) in [6.07, 6.45) is 2.40. The number of hydrogen-bond acceptors (Lipinski definition) is 2. The van der Waals surface area contributed by atoms with Gasteiger partial charge in [0.2, 0.25) is 11.8 Å². The molecule has 1 aliphatic rings. The zero-order valence-corrected chi connectivity index (χ0v) is 13.5. The number of hydrogen-bond donors (Lipinski definition) is 1. The number of carbonyl (C=O) groups excluding carboxylic acids is 2. The fourth-order valence-electron chi connectivity index (χ4n) is 2.78. The van der Waals surface area contributed by atoms with E-state index < -0.39 is 0 Å². The molecule has 0 bridgehead atoms. The van der Waals surface area contributed by atoms with E-state index in [0.29, 0.717) is 19.6 Å². The largest absolute Gasteiger partial charge is 0.352 e. The molecule has 2 amide bonds. The molecule has 0 aromatic heterocycles. The van der Waals surface area contributed by atoms with Gasteiger partial charge in [-0.05, 0) is 24.8 Å². The van der Waals surface area contributed by atoms with Crippen molar-refractivity contribution in [1.82, 2.24) is 10.2 Å². The zero-order chi connectivity index (χ0) is 15.9. The van der Waals surface area contributed by atoms with Crippen molar-refractivity contribution < 1.29 is 9.59 Å². The standard InChI is InChI=1S/C18H26N2O2/c1-3-14(2)18(22)20-11-9-16(10-12-20)17(21)19-13-15-7-5-4-6-8-15/h4-8,14,16H,3,9-13H2,1-2H3,(H,19,21)/t14-/m0/s1. The fraction of sp³-hybridized carbons (Fsp3) is 0.556. The Morgan fingerprint density at radius 1 is 1.23 bits per heavy atom. The van der Waals surface area contributed by atoms with Gasteiger partial charge in [0.25, 0.3) is 0 Å². The summed E-state index contributed by atoms with van der Waals surface area (Å²) in [5.41, 5.74) is 1.11. The van der Waals surface area contributed by atoms with Gasteiger partial charge in [0.15, 0.2) is 0 Å². The number of nitrogens with zero attached hydrogens (tertiary/aromatic N) is 1. The summed E-state index contributed by atoms with van der Waals surface area (Å²) in [7, 11) is 0. The lowest BCUT2D eigenvalue weighted by molar-refractivity contribution is -0.138. The van der Waals surface area contributed by atoms with E-state index in [0.717, 1.165) is 24.8 Å². The first-order chi connectivity index (χ1) is 10.6. The van der Waals surface area contributed by atoms with Crippen LogP contribution in [0.3, 0.4) is 0 Å². The van der Waals surface area contributed by atoms with Crippen LogP contribution in [-0.2, 0) is 16.1 Å². The van der Waals surface area contributed by atoms with Crippen molar-refractivity contribution in [3.8, 4) is 0 Å².